The van der Waals surface area contributed by atoms with Gasteiger partial charge < -0.3 is 0 Å². The van der Waals surface area contributed by atoms with Gasteiger partial charge in [0.15, 0.2) is 5.69 Å². The number of nitrogens with one attached hydrogen (secondary N) is 3. The van der Waals surface area contributed by atoms with Gasteiger partial charge in [0.05, 0.1) is 11.1 Å². The van der Waals surface area contributed by atoms with Crippen molar-refractivity contribution in [1.82, 2.24) is 21.0 Å². The van der Waals surface area contributed by atoms with Crippen LogP contribution in [-0.4, -0.2) is 27.8 Å². The van der Waals surface area contributed by atoms with E-state index in [0.717, 1.165) is 5.56 Å². The molecule has 0 aliphatic carbocycles. The van der Waals surface area contributed by atoms with E-state index in [1.807, 2.05) is 30.3 Å². The molecule has 7 nitrogen and oxygen atoms in total. The Kier molecular flexibility index (Phi) is 5.65. The molecule has 0 fully saturated rings. The Bertz CT molecular complexity index is 988. The lowest BCUT2D eigenvalue weighted by atomic mass is 10.1. The van der Waals surface area contributed by atoms with Gasteiger partial charge in [-0.3, -0.25) is 25.2 Å². The zero-order valence-electron chi connectivity index (χ0n) is 13.7. The standard InChI is InChI=1S/C18H16N4O3S/c23-15(11-26-10-12-6-2-1-3-7-12)19-22-18(25)16-13-8-4-5-9-14(13)17(24)21-20-16/h1-9H,10-11H2,(H,19,23)(H,21,24)(H,22,25). The first-order valence-corrected chi connectivity index (χ1v) is 8.99. The molecule has 8 heteroatoms. The number of thioether (sulfide) groups is 1. The van der Waals surface area contributed by atoms with E-state index in [9.17, 15) is 14.4 Å². The third-order valence-corrected chi connectivity index (χ3v) is 4.58. The monoisotopic (exact) mass is 368 g/mol. The topological polar surface area (TPSA) is 104 Å². The summed E-state index contributed by atoms with van der Waals surface area (Å²) in [4.78, 5) is 35.8. The van der Waals surface area contributed by atoms with Crippen molar-refractivity contribution in [2.75, 3.05) is 5.75 Å². The SMILES string of the molecule is O=C(CSCc1ccccc1)NNC(=O)c1n[nH]c(=O)c2ccccc12. The minimum Gasteiger partial charge on any atom is -0.272 e. The molecule has 2 aromatic carbocycles. The summed E-state index contributed by atoms with van der Waals surface area (Å²) in [5.74, 6) is -0.0181. The van der Waals surface area contributed by atoms with Crippen LogP contribution in [0.15, 0.2) is 59.4 Å². The molecule has 0 radical (unpaired) electrons. The van der Waals surface area contributed by atoms with Crippen molar-refractivity contribution in [3.8, 4) is 0 Å². The summed E-state index contributed by atoms with van der Waals surface area (Å²) in [6, 6.07) is 16.4. The third kappa shape index (κ3) is 4.28. The predicted molar refractivity (Wildman–Crippen MR) is 101 cm³/mol. The van der Waals surface area contributed by atoms with E-state index in [2.05, 4.69) is 21.0 Å². The fourth-order valence-electron chi connectivity index (χ4n) is 2.35. The van der Waals surface area contributed by atoms with E-state index < -0.39 is 5.91 Å². The molecular weight excluding hydrogens is 352 g/mol. The number of rotatable bonds is 5. The van der Waals surface area contributed by atoms with Crippen molar-refractivity contribution in [3.63, 3.8) is 0 Å². The number of aromatic nitrogens is 2. The fourth-order valence-corrected chi connectivity index (χ4v) is 3.13. The molecule has 3 N–H and O–H groups in total. The van der Waals surface area contributed by atoms with E-state index in [-0.39, 0.29) is 22.9 Å². The maximum atomic E-state index is 12.3. The molecule has 0 aliphatic heterocycles. The molecule has 0 saturated heterocycles. The van der Waals surface area contributed by atoms with Crippen LogP contribution in [0.2, 0.25) is 0 Å². The van der Waals surface area contributed by atoms with Gasteiger partial charge in [0.25, 0.3) is 11.5 Å². The summed E-state index contributed by atoms with van der Waals surface area (Å²) < 4.78 is 0. The summed E-state index contributed by atoms with van der Waals surface area (Å²) in [6.07, 6.45) is 0. The number of hydrazine groups is 1. The van der Waals surface area contributed by atoms with Gasteiger partial charge in [-0.15, -0.1) is 11.8 Å². The van der Waals surface area contributed by atoms with Crippen LogP contribution in [0.3, 0.4) is 0 Å². The molecule has 1 heterocycles. The number of amides is 2. The van der Waals surface area contributed by atoms with Crippen LogP contribution in [-0.2, 0) is 10.5 Å². The molecule has 0 aliphatic rings. The quantitative estimate of drug-likeness (QED) is 0.594. The minimum atomic E-state index is -0.598. The lowest BCUT2D eigenvalue weighted by molar-refractivity contribution is -0.119. The predicted octanol–water partition coefficient (Wildman–Crippen LogP) is 1.62. The van der Waals surface area contributed by atoms with Crippen LogP contribution in [0.1, 0.15) is 16.1 Å². The number of H-pyrrole nitrogens is 1. The van der Waals surface area contributed by atoms with Gasteiger partial charge in [0.2, 0.25) is 5.91 Å². The van der Waals surface area contributed by atoms with Crippen molar-refractivity contribution in [1.29, 1.82) is 0 Å². The highest BCUT2D eigenvalue weighted by Gasteiger charge is 2.14. The Morgan fingerprint density at radius 3 is 2.42 bits per heavy atom. The van der Waals surface area contributed by atoms with E-state index in [0.29, 0.717) is 16.5 Å². The van der Waals surface area contributed by atoms with Crippen LogP contribution >= 0.6 is 11.8 Å². The minimum absolute atomic E-state index is 0.0393. The molecule has 0 unspecified atom stereocenters. The van der Waals surface area contributed by atoms with Crippen molar-refractivity contribution in [2.24, 2.45) is 0 Å². The maximum absolute atomic E-state index is 12.3. The third-order valence-electron chi connectivity index (χ3n) is 3.57. The summed E-state index contributed by atoms with van der Waals surface area (Å²) in [5, 5.41) is 6.84. The second kappa shape index (κ2) is 8.30. The number of carbonyl (C=O) groups excluding carboxylic acids is 2. The molecule has 0 spiro atoms. The first-order valence-electron chi connectivity index (χ1n) is 7.83. The normalized spacial score (nSPS) is 10.5. The molecule has 26 heavy (non-hydrogen) atoms. The number of hydrogen-bond donors (Lipinski definition) is 3. The second-order valence-corrected chi connectivity index (χ2v) is 6.41. The van der Waals surface area contributed by atoms with E-state index in [1.54, 1.807) is 24.3 Å². The summed E-state index contributed by atoms with van der Waals surface area (Å²) >= 11 is 1.44. The summed E-state index contributed by atoms with van der Waals surface area (Å²) in [5.41, 5.74) is 5.46. The zero-order chi connectivity index (χ0) is 18.4. The fraction of sp³-hybridized carbons (Fsp3) is 0.111. The Morgan fingerprint density at radius 2 is 1.65 bits per heavy atom. The number of benzene rings is 2. The smallest absolute Gasteiger partial charge is 0.272 e. The maximum Gasteiger partial charge on any atom is 0.290 e. The van der Waals surface area contributed by atoms with Gasteiger partial charge >= 0.3 is 0 Å². The molecule has 2 amide bonds. The average molecular weight is 368 g/mol. The molecule has 0 saturated carbocycles. The van der Waals surface area contributed by atoms with Gasteiger partial charge in [0, 0.05) is 11.1 Å². The van der Waals surface area contributed by atoms with E-state index in [1.165, 1.54) is 11.8 Å². The number of aromatic amines is 1. The van der Waals surface area contributed by atoms with Crippen molar-refractivity contribution < 1.29 is 9.59 Å². The Labute approximate surface area is 153 Å². The van der Waals surface area contributed by atoms with Gasteiger partial charge in [-0.1, -0.05) is 48.5 Å². The lowest BCUT2D eigenvalue weighted by Crippen LogP contribution is -2.43. The second-order valence-electron chi connectivity index (χ2n) is 5.43. The number of carbonyl (C=O) groups is 2. The zero-order valence-corrected chi connectivity index (χ0v) is 14.5. The molecular formula is C18H16N4O3S. The largest absolute Gasteiger partial charge is 0.290 e. The van der Waals surface area contributed by atoms with Gasteiger partial charge in [-0.2, -0.15) is 5.10 Å². The Morgan fingerprint density at radius 1 is 0.962 bits per heavy atom. The molecule has 3 rings (SSSR count). The molecule has 132 valence electrons. The molecule has 0 atom stereocenters. The molecule has 0 bridgehead atoms. The Balaban J connectivity index is 1.55. The van der Waals surface area contributed by atoms with E-state index in [4.69, 9.17) is 0 Å². The average Bonchev–Trinajstić information content (AvgIpc) is 2.67. The first-order chi connectivity index (χ1) is 12.6. The van der Waals surface area contributed by atoms with Crippen LogP contribution in [0.5, 0.6) is 0 Å². The Hall–Kier alpha value is -3.13. The van der Waals surface area contributed by atoms with Gasteiger partial charge in [0.1, 0.15) is 0 Å². The van der Waals surface area contributed by atoms with E-state index >= 15 is 0 Å². The van der Waals surface area contributed by atoms with Crippen LogP contribution in [0.25, 0.3) is 10.8 Å². The van der Waals surface area contributed by atoms with Gasteiger partial charge in [-0.05, 0) is 11.6 Å². The number of fused-ring (bicyclic) bond motifs is 1. The lowest BCUT2D eigenvalue weighted by Gasteiger charge is -2.08. The highest BCUT2D eigenvalue weighted by atomic mass is 32.2. The number of hydrogen-bond acceptors (Lipinski definition) is 5. The van der Waals surface area contributed by atoms with Crippen molar-refractivity contribution >= 4 is 34.3 Å². The van der Waals surface area contributed by atoms with Gasteiger partial charge in [-0.25, -0.2) is 5.10 Å². The molecule has 1 aromatic heterocycles. The van der Waals surface area contributed by atoms with Crippen LogP contribution in [0.4, 0.5) is 0 Å². The van der Waals surface area contributed by atoms with Crippen LogP contribution in [0, 0.1) is 0 Å². The summed E-state index contributed by atoms with van der Waals surface area (Å²) in [7, 11) is 0. The van der Waals surface area contributed by atoms with Crippen LogP contribution < -0.4 is 16.4 Å². The van der Waals surface area contributed by atoms with Crippen molar-refractivity contribution in [2.45, 2.75) is 5.75 Å². The highest BCUT2D eigenvalue weighted by Crippen LogP contribution is 2.12. The number of nitrogens with zero attached hydrogens (tertiary/aromatic N) is 1. The summed E-state index contributed by atoms with van der Waals surface area (Å²) in [6.45, 7) is 0. The van der Waals surface area contributed by atoms with Crippen molar-refractivity contribution in [3.05, 3.63) is 76.2 Å². The molecule has 3 aromatic rings. The highest BCUT2D eigenvalue weighted by molar-refractivity contribution is 7.99. The first kappa shape index (κ1) is 17.7.